The highest BCUT2D eigenvalue weighted by molar-refractivity contribution is 5.93. The normalized spacial score (nSPS) is 20.3. The predicted molar refractivity (Wildman–Crippen MR) is 70.6 cm³/mol. The highest BCUT2D eigenvalue weighted by Gasteiger charge is 2.34. The maximum Gasteiger partial charge on any atom is 0.274 e. The lowest BCUT2D eigenvalue weighted by molar-refractivity contribution is 0.0924. The minimum atomic E-state index is -0.189. The minimum Gasteiger partial charge on any atom is -0.491 e. The molecule has 5 heteroatoms. The number of aromatic nitrogens is 1. The topological polar surface area (TPSA) is 64.4 Å². The molecule has 1 saturated carbocycles. The van der Waals surface area contributed by atoms with Gasteiger partial charge < -0.3 is 14.5 Å². The summed E-state index contributed by atoms with van der Waals surface area (Å²) in [6.45, 7) is 0.460. The summed E-state index contributed by atoms with van der Waals surface area (Å²) in [5, 5.41) is 2.97. The van der Waals surface area contributed by atoms with Crippen LogP contribution in [0, 0.1) is 0 Å². The van der Waals surface area contributed by atoms with Gasteiger partial charge in [0, 0.05) is 11.5 Å². The van der Waals surface area contributed by atoms with E-state index in [1.807, 2.05) is 24.3 Å². The van der Waals surface area contributed by atoms with Crippen molar-refractivity contribution in [2.24, 2.45) is 0 Å². The molecule has 0 bridgehead atoms. The minimum absolute atomic E-state index is 0.123. The standard InChI is InChI=1S/C15H14N2O3/c18-15(13-14(9-5-6-9)20-8-16-13)17-11-7-19-12-4-2-1-3-10(11)12/h1-4,8-9,11H,5-7H2,(H,17,18). The van der Waals surface area contributed by atoms with Crippen molar-refractivity contribution in [3.8, 4) is 5.75 Å². The fourth-order valence-electron chi connectivity index (χ4n) is 2.57. The van der Waals surface area contributed by atoms with E-state index in [1.165, 1.54) is 6.39 Å². The summed E-state index contributed by atoms with van der Waals surface area (Å²) in [5.41, 5.74) is 1.43. The molecule has 4 rings (SSSR count). The van der Waals surface area contributed by atoms with Gasteiger partial charge in [0.25, 0.3) is 5.91 Å². The maximum absolute atomic E-state index is 12.3. The lowest BCUT2D eigenvalue weighted by Crippen LogP contribution is -2.30. The largest absolute Gasteiger partial charge is 0.491 e. The van der Waals surface area contributed by atoms with Crippen molar-refractivity contribution in [2.75, 3.05) is 6.61 Å². The second-order valence-corrected chi connectivity index (χ2v) is 5.21. The fraction of sp³-hybridized carbons (Fsp3) is 0.333. The molecule has 5 nitrogen and oxygen atoms in total. The molecule has 2 aliphatic rings. The molecule has 1 unspecified atom stereocenters. The molecule has 2 heterocycles. The Morgan fingerprint density at radius 3 is 3.00 bits per heavy atom. The molecule has 0 radical (unpaired) electrons. The number of oxazole rings is 1. The zero-order valence-electron chi connectivity index (χ0n) is 10.8. The van der Waals surface area contributed by atoms with Gasteiger partial charge in [-0.1, -0.05) is 18.2 Å². The van der Waals surface area contributed by atoms with Crippen molar-refractivity contribution in [1.82, 2.24) is 10.3 Å². The Labute approximate surface area is 116 Å². The van der Waals surface area contributed by atoms with Gasteiger partial charge in [-0.2, -0.15) is 0 Å². The second-order valence-electron chi connectivity index (χ2n) is 5.21. The number of amides is 1. The predicted octanol–water partition coefficient (Wildman–Crippen LogP) is 2.42. The van der Waals surface area contributed by atoms with Gasteiger partial charge in [0.2, 0.25) is 0 Å². The lowest BCUT2D eigenvalue weighted by Gasteiger charge is -2.10. The Kier molecular flexibility index (Phi) is 2.52. The Bertz CT molecular complexity index is 661. The van der Waals surface area contributed by atoms with Crippen LogP contribution in [0.2, 0.25) is 0 Å². The highest BCUT2D eigenvalue weighted by atomic mass is 16.5. The number of nitrogens with zero attached hydrogens (tertiary/aromatic N) is 1. The van der Waals surface area contributed by atoms with Crippen LogP contribution >= 0.6 is 0 Å². The van der Waals surface area contributed by atoms with Crippen LogP contribution in [0.15, 0.2) is 35.1 Å². The van der Waals surface area contributed by atoms with Gasteiger partial charge in [0.05, 0.1) is 6.04 Å². The number of carbonyl (C=O) groups is 1. The van der Waals surface area contributed by atoms with E-state index in [1.54, 1.807) is 0 Å². The molecule has 0 saturated heterocycles. The lowest BCUT2D eigenvalue weighted by atomic mass is 10.1. The summed E-state index contributed by atoms with van der Waals surface area (Å²) in [6, 6.07) is 7.62. The first-order valence-electron chi connectivity index (χ1n) is 6.79. The van der Waals surface area contributed by atoms with E-state index >= 15 is 0 Å². The third-order valence-electron chi connectivity index (χ3n) is 3.76. The van der Waals surface area contributed by atoms with Crippen LogP contribution in [0.4, 0.5) is 0 Å². The number of nitrogens with one attached hydrogen (secondary N) is 1. The van der Waals surface area contributed by atoms with Crippen molar-refractivity contribution in [2.45, 2.75) is 24.8 Å². The maximum atomic E-state index is 12.3. The van der Waals surface area contributed by atoms with E-state index in [0.29, 0.717) is 18.2 Å². The molecule has 1 aliphatic carbocycles. The van der Waals surface area contributed by atoms with Gasteiger partial charge in [-0.3, -0.25) is 4.79 Å². The molecule has 1 atom stereocenters. The molecule has 1 aromatic heterocycles. The third-order valence-corrected chi connectivity index (χ3v) is 3.76. The molecule has 20 heavy (non-hydrogen) atoms. The highest BCUT2D eigenvalue weighted by Crippen LogP contribution is 2.41. The van der Waals surface area contributed by atoms with E-state index < -0.39 is 0 Å². The molecule has 102 valence electrons. The molecule has 2 aromatic rings. The summed E-state index contributed by atoms with van der Waals surface area (Å²) in [6.07, 6.45) is 3.50. The number of carbonyl (C=O) groups excluding carboxylic acids is 1. The Balaban J connectivity index is 1.55. The Morgan fingerprint density at radius 2 is 2.15 bits per heavy atom. The van der Waals surface area contributed by atoms with Crippen LogP contribution < -0.4 is 10.1 Å². The van der Waals surface area contributed by atoms with Crippen molar-refractivity contribution >= 4 is 5.91 Å². The Morgan fingerprint density at radius 1 is 1.30 bits per heavy atom. The van der Waals surface area contributed by atoms with Gasteiger partial charge in [0.15, 0.2) is 12.1 Å². The molecule has 1 aromatic carbocycles. The van der Waals surface area contributed by atoms with E-state index in [0.717, 1.165) is 29.9 Å². The number of hydrogen-bond donors (Lipinski definition) is 1. The number of fused-ring (bicyclic) bond motifs is 1. The number of ether oxygens (including phenoxy) is 1. The van der Waals surface area contributed by atoms with Crippen molar-refractivity contribution < 1.29 is 13.9 Å². The summed E-state index contributed by atoms with van der Waals surface area (Å²) >= 11 is 0. The molecule has 1 fully saturated rings. The first-order chi connectivity index (χ1) is 9.83. The first-order valence-corrected chi connectivity index (χ1v) is 6.79. The van der Waals surface area contributed by atoms with Crippen molar-refractivity contribution in [3.05, 3.63) is 47.7 Å². The van der Waals surface area contributed by atoms with Gasteiger partial charge in [-0.15, -0.1) is 0 Å². The quantitative estimate of drug-likeness (QED) is 0.930. The fourth-order valence-corrected chi connectivity index (χ4v) is 2.57. The van der Waals surface area contributed by atoms with Crippen LogP contribution in [-0.4, -0.2) is 17.5 Å². The number of benzene rings is 1. The summed E-state index contributed by atoms with van der Waals surface area (Å²) in [7, 11) is 0. The van der Waals surface area contributed by atoms with Crippen molar-refractivity contribution in [1.29, 1.82) is 0 Å². The molecule has 0 spiro atoms. The van der Waals surface area contributed by atoms with Gasteiger partial charge in [-0.05, 0) is 18.9 Å². The molecular weight excluding hydrogens is 256 g/mol. The number of rotatable bonds is 3. The molecule has 1 amide bonds. The van der Waals surface area contributed by atoms with E-state index in [2.05, 4.69) is 10.3 Å². The average Bonchev–Trinajstić information content (AvgIpc) is 3.06. The summed E-state index contributed by atoms with van der Waals surface area (Å²) in [5.74, 6) is 1.73. The molecular formula is C15H14N2O3. The van der Waals surface area contributed by atoms with Gasteiger partial charge in [0.1, 0.15) is 18.1 Å². The van der Waals surface area contributed by atoms with Crippen LogP contribution in [-0.2, 0) is 0 Å². The molecule has 1 N–H and O–H groups in total. The first kappa shape index (κ1) is 11.5. The SMILES string of the molecule is O=C(NC1COc2ccccc21)c1ncoc1C1CC1. The van der Waals surface area contributed by atoms with Crippen LogP contribution in [0.1, 0.15) is 46.6 Å². The second kappa shape index (κ2) is 4.37. The smallest absolute Gasteiger partial charge is 0.274 e. The Hall–Kier alpha value is -2.30. The average molecular weight is 270 g/mol. The van der Waals surface area contributed by atoms with E-state index in [9.17, 15) is 4.79 Å². The summed E-state index contributed by atoms with van der Waals surface area (Å²) < 4.78 is 10.9. The zero-order valence-corrected chi connectivity index (χ0v) is 10.8. The van der Waals surface area contributed by atoms with Gasteiger partial charge in [-0.25, -0.2) is 4.98 Å². The molecule has 1 aliphatic heterocycles. The number of hydrogen-bond acceptors (Lipinski definition) is 4. The summed E-state index contributed by atoms with van der Waals surface area (Å²) in [4.78, 5) is 16.4. The van der Waals surface area contributed by atoms with E-state index in [4.69, 9.17) is 9.15 Å². The third kappa shape index (κ3) is 1.86. The van der Waals surface area contributed by atoms with Crippen LogP contribution in [0.25, 0.3) is 0 Å². The van der Waals surface area contributed by atoms with Crippen molar-refractivity contribution in [3.63, 3.8) is 0 Å². The monoisotopic (exact) mass is 270 g/mol. The number of para-hydroxylation sites is 1. The zero-order chi connectivity index (χ0) is 13.5. The van der Waals surface area contributed by atoms with Gasteiger partial charge >= 0.3 is 0 Å². The van der Waals surface area contributed by atoms with E-state index in [-0.39, 0.29) is 11.9 Å². The van der Waals surface area contributed by atoms with Crippen LogP contribution in [0.5, 0.6) is 5.75 Å². The van der Waals surface area contributed by atoms with Crippen LogP contribution in [0.3, 0.4) is 0 Å².